The fourth-order valence-electron chi connectivity index (χ4n) is 2.11. The van der Waals surface area contributed by atoms with E-state index in [4.69, 9.17) is 0 Å². The zero-order chi connectivity index (χ0) is 15.6. The van der Waals surface area contributed by atoms with Gasteiger partial charge in [0.25, 0.3) is 0 Å². The van der Waals surface area contributed by atoms with Gasteiger partial charge in [-0.25, -0.2) is 4.39 Å². The molecule has 0 saturated heterocycles. The SMILES string of the molecule is CCc1cnccc1C(O)c1ccc(F)c(C(F)(F)F)c1. The maximum absolute atomic E-state index is 13.3. The molecular formula is C15H13F4NO. The molecule has 21 heavy (non-hydrogen) atoms. The lowest BCUT2D eigenvalue weighted by molar-refractivity contribution is -0.140. The highest BCUT2D eigenvalue weighted by Crippen LogP contribution is 2.34. The number of halogens is 4. The van der Waals surface area contributed by atoms with Gasteiger partial charge in [-0.05, 0) is 41.3 Å². The van der Waals surface area contributed by atoms with E-state index in [9.17, 15) is 22.7 Å². The summed E-state index contributed by atoms with van der Waals surface area (Å²) in [5.74, 6) is -1.36. The Kier molecular flexibility index (Phi) is 4.27. The highest BCUT2D eigenvalue weighted by atomic mass is 19.4. The van der Waals surface area contributed by atoms with Crippen molar-refractivity contribution < 1.29 is 22.7 Å². The fraction of sp³-hybridized carbons (Fsp3) is 0.267. The first-order valence-electron chi connectivity index (χ1n) is 6.32. The number of rotatable bonds is 3. The summed E-state index contributed by atoms with van der Waals surface area (Å²) in [6.07, 6.45) is -2.48. The standard InChI is InChI=1S/C15H13F4NO/c1-2-9-8-20-6-5-11(9)14(21)10-3-4-13(16)12(7-10)15(17,18)19/h3-8,14,21H,2H2,1H3. The zero-order valence-electron chi connectivity index (χ0n) is 11.2. The van der Waals surface area contributed by atoms with E-state index in [0.717, 1.165) is 11.6 Å². The van der Waals surface area contributed by atoms with Crippen LogP contribution in [-0.4, -0.2) is 10.1 Å². The van der Waals surface area contributed by atoms with E-state index in [0.29, 0.717) is 24.1 Å². The predicted molar refractivity (Wildman–Crippen MR) is 69.1 cm³/mol. The van der Waals surface area contributed by atoms with Crippen LogP contribution in [0.15, 0.2) is 36.7 Å². The van der Waals surface area contributed by atoms with Crippen LogP contribution in [0.5, 0.6) is 0 Å². The average Bonchev–Trinajstić information content (AvgIpc) is 2.45. The van der Waals surface area contributed by atoms with Crippen LogP contribution in [0.1, 0.15) is 35.3 Å². The van der Waals surface area contributed by atoms with Crippen LogP contribution in [-0.2, 0) is 12.6 Å². The Bertz CT molecular complexity index is 640. The molecule has 112 valence electrons. The van der Waals surface area contributed by atoms with Crippen molar-refractivity contribution in [2.75, 3.05) is 0 Å². The highest BCUT2D eigenvalue weighted by Gasteiger charge is 2.34. The number of aromatic nitrogens is 1. The Balaban J connectivity index is 2.47. The van der Waals surface area contributed by atoms with Crippen molar-refractivity contribution in [1.29, 1.82) is 0 Å². The van der Waals surface area contributed by atoms with E-state index in [1.165, 1.54) is 6.20 Å². The molecule has 0 spiro atoms. The van der Waals surface area contributed by atoms with Crippen molar-refractivity contribution in [2.45, 2.75) is 25.6 Å². The van der Waals surface area contributed by atoms with Gasteiger partial charge in [-0.3, -0.25) is 4.98 Å². The third-order valence-electron chi connectivity index (χ3n) is 3.23. The molecule has 2 nitrogen and oxygen atoms in total. The van der Waals surface area contributed by atoms with Crippen molar-refractivity contribution in [2.24, 2.45) is 0 Å². The van der Waals surface area contributed by atoms with Crippen LogP contribution < -0.4 is 0 Å². The van der Waals surface area contributed by atoms with Crippen LogP contribution in [0.25, 0.3) is 0 Å². The summed E-state index contributed by atoms with van der Waals surface area (Å²) in [4.78, 5) is 3.91. The van der Waals surface area contributed by atoms with Crippen LogP contribution in [0.2, 0.25) is 0 Å². The number of aliphatic hydroxyl groups excluding tert-OH is 1. The second kappa shape index (κ2) is 5.81. The smallest absolute Gasteiger partial charge is 0.384 e. The lowest BCUT2D eigenvalue weighted by atomic mass is 9.96. The van der Waals surface area contributed by atoms with Gasteiger partial charge in [0.15, 0.2) is 0 Å². The van der Waals surface area contributed by atoms with Crippen LogP contribution in [0.4, 0.5) is 17.6 Å². The van der Waals surface area contributed by atoms with E-state index in [-0.39, 0.29) is 5.56 Å². The molecule has 2 rings (SSSR count). The molecular weight excluding hydrogens is 286 g/mol. The number of aliphatic hydroxyl groups is 1. The van der Waals surface area contributed by atoms with Crippen molar-refractivity contribution in [3.05, 3.63) is 64.7 Å². The van der Waals surface area contributed by atoms with Crippen molar-refractivity contribution in [1.82, 2.24) is 4.98 Å². The van der Waals surface area contributed by atoms with Gasteiger partial charge in [0, 0.05) is 12.4 Å². The number of nitrogens with zero attached hydrogens (tertiary/aromatic N) is 1. The highest BCUT2D eigenvalue weighted by molar-refractivity contribution is 5.37. The van der Waals surface area contributed by atoms with E-state index in [1.54, 1.807) is 12.3 Å². The zero-order valence-corrected chi connectivity index (χ0v) is 11.2. The Morgan fingerprint density at radius 3 is 2.57 bits per heavy atom. The number of alkyl halides is 3. The van der Waals surface area contributed by atoms with Gasteiger partial charge in [-0.15, -0.1) is 0 Å². The number of hydrogen-bond donors (Lipinski definition) is 1. The largest absolute Gasteiger partial charge is 0.419 e. The number of pyridine rings is 1. The first kappa shape index (κ1) is 15.4. The molecule has 1 aromatic heterocycles. The molecule has 0 saturated carbocycles. The van der Waals surface area contributed by atoms with Gasteiger partial charge in [0.05, 0.1) is 5.56 Å². The molecule has 6 heteroatoms. The molecule has 1 atom stereocenters. The summed E-state index contributed by atoms with van der Waals surface area (Å²) in [7, 11) is 0. The first-order valence-corrected chi connectivity index (χ1v) is 6.32. The number of aryl methyl sites for hydroxylation is 1. The second-order valence-corrected chi connectivity index (χ2v) is 4.57. The molecule has 2 aromatic rings. The first-order chi connectivity index (χ1) is 9.84. The van der Waals surface area contributed by atoms with E-state index in [2.05, 4.69) is 4.98 Å². The van der Waals surface area contributed by atoms with Crippen molar-refractivity contribution in [3.63, 3.8) is 0 Å². The normalized spacial score (nSPS) is 13.2. The Morgan fingerprint density at radius 1 is 1.24 bits per heavy atom. The monoisotopic (exact) mass is 299 g/mol. The molecule has 0 bridgehead atoms. The molecule has 0 aliphatic rings. The minimum absolute atomic E-state index is 0.00961. The molecule has 0 aliphatic heterocycles. The topological polar surface area (TPSA) is 33.1 Å². The van der Waals surface area contributed by atoms with Crippen molar-refractivity contribution >= 4 is 0 Å². The molecule has 1 aromatic carbocycles. The number of benzene rings is 1. The summed E-state index contributed by atoms with van der Waals surface area (Å²) in [5, 5.41) is 10.3. The predicted octanol–water partition coefficient (Wildman–Crippen LogP) is 3.88. The van der Waals surface area contributed by atoms with Gasteiger partial charge >= 0.3 is 6.18 Å². The lowest BCUT2D eigenvalue weighted by Crippen LogP contribution is -2.11. The van der Waals surface area contributed by atoms with E-state index >= 15 is 0 Å². The van der Waals surface area contributed by atoms with Gasteiger partial charge in [0.1, 0.15) is 11.9 Å². The van der Waals surface area contributed by atoms with Gasteiger partial charge in [-0.1, -0.05) is 13.0 Å². The molecule has 1 N–H and O–H groups in total. The summed E-state index contributed by atoms with van der Waals surface area (Å²) < 4.78 is 51.4. The molecule has 1 heterocycles. The Morgan fingerprint density at radius 2 is 1.95 bits per heavy atom. The second-order valence-electron chi connectivity index (χ2n) is 4.57. The maximum atomic E-state index is 13.3. The molecule has 0 aliphatic carbocycles. The lowest BCUT2D eigenvalue weighted by Gasteiger charge is -2.17. The molecule has 1 unspecified atom stereocenters. The minimum Gasteiger partial charge on any atom is -0.384 e. The Labute approximate surface area is 119 Å². The summed E-state index contributed by atoms with van der Waals surface area (Å²) >= 11 is 0. The fourth-order valence-corrected chi connectivity index (χ4v) is 2.11. The maximum Gasteiger partial charge on any atom is 0.419 e. The molecule has 0 amide bonds. The average molecular weight is 299 g/mol. The van der Waals surface area contributed by atoms with E-state index < -0.39 is 23.7 Å². The quantitative estimate of drug-likeness (QED) is 0.872. The van der Waals surface area contributed by atoms with Gasteiger partial charge in [-0.2, -0.15) is 13.2 Å². The summed E-state index contributed by atoms with van der Waals surface area (Å²) in [6, 6.07) is 4.04. The van der Waals surface area contributed by atoms with Gasteiger partial charge in [0.2, 0.25) is 0 Å². The molecule has 0 radical (unpaired) electrons. The van der Waals surface area contributed by atoms with Gasteiger partial charge < -0.3 is 5.11 Å². The van der Waals surface area contributed by atoms with Crippen LogP contribution >= 0.6 is 0 Å². The number of hydrogen-bond acceptors (Lipinski definition) is 2. The van der Waals surface area contributed by atoms with Crippen LogP contribution in [0.3, 0.4) is 0 Å². The third kappa shape index (κ3) is 3.21. The minimum atomic E-state index is -4.80. The van der Waals surface area contributed by atoms with Crippen LogP contribution in [0, 0.1) is 5.82 Å². The molecule has 0 fully saturated rings. The third-order valence-corrected chi connectivity index (χ3v) is 3.23. The summed E-state index contributed by atoms with van der Waals surface area (Å²) in [5.41, 5.74) is -0.203. The Hall–Kier alpha value is -1.95. The summed E-state index contributed by atoms with van der Waals surface area (Å²) in [6.45, 7) is 1.85. The van der Waals surface area contributed by atoms with Crippen molar-refractivity contribution in [3.8, 4) is 0 Å². The van der Waals surface area contributed by atoms with E-state index in [1.807, 2.05) is 6.92 Å².